The normalized spacial score (nSPS) is 12.8. The summed E-state index contributed by atoms with van der Waals surface area (Å²) in [5, 5.41) is 2.29. The molecule has 0 fully saturated rings. The summed E-state index contributed by atoms with van der Waals surface area (Å²) < 4.78 is 19.4. The average Bonchev–Trinajstić information content (AvgIpc) is 2.55. The van der Waals surface area contributed by atoms with Gasteiger partial charge in [0, 0.05) is 7.11 Å². The Labute approximate surface area is 146 Å². The van der Waals surface area contributed by atoms with Crippen LogP contribution in [0.15, 0.2) is 0 Å². The second-order valence-electron chi connectivity index (χ2n) is 4.86. The largest absolute Gasteiger partial charge is 0.466 e. The highest BCUT2D eigenvalue weighted by atomic mass is 16.5. The van der Waals surface area contributed by atoms with Gasteiger partial charge in [-0.2, -0.15) is 0 Å². The van der Waals surface area contributed by atoms with Gasteiger partial charge >= 0.3 is 11.9 Å². The third-order valence-electron chi connectivity index (χ3n) is 2.97. The maximum atomic E-state index is 12.1. The number of hydrogen-bond acceptors (Lipinski definition) is 8. The fourth-order valence-corrected chi connectivity index (χ4v) is 1.88. The van der Waals surface area contributed by atoms with Crippen LogP contribution >= 0.6 is 0 Å². The smallest absolute Gasteiger partial charge is 0.312 e. The van der Waals surface area contributed by atoms with Crippen LogP contribution in [0.4, 0.5) is 0 Å². The van der Waals surface area contributed by atoms with Gasteiger partial charge in [0.05, 0.1) is 38.8 Å². The Bertz CT molecular complexity index is 455. The standard InChI is InChI=1S/C15H26N2O8/c1-4-24-12(19)8-10(15(21)25-5-2)13(14(16)20)17-11(18)9-23-7-6-22-3/h10,13H,4-9H2,1-3H3,(H2,16,20)(H,17,18)/t10-,13+/m0/s1. The van der Waals surface area contributed by atoms with Gasteiger partial charge < -0.3 is 30.0 Å². The number of ether oxygens (including phenoxy) is 4. The van der Waals surface area contributed by atoms with Crippen LogP contribution in [-0.2, 0) is 38.1 Å². The SMILES string of the molecule is CCOC(=O)C[C@H](C(=O)OCC)[C@@H](NC(=O)COCCOC)C(N)=O. The molecule has 0 rings (SSSR count). The highest BCUT2D eigenvalue weighted by molar-refractivity contribution is 5.93. The summed E-state index contributed by atoms with van der Waals surface area (Å²) in [6.45, 7) is 3.42. The van der Waals surface area contributed by atoms with E-state index in [1.54, 1.807) is 13.8 Å². The van der Waals surface area contributed by atoms with Crippen molar-refractivity contribution in [3.05, 3.63) is 0 Å². The topological polar surface area (TPSA) is 143 Å². The third-order valence-corrected chi connectivity index (χ3v) is 2.97. The van der Waals surface area contributed by atoms with E-state index in [1.165, 1.54) is 7.11 Å². The first kappa shape index (κ1) is 22.8. The van der Waals surface area contributed by atoms with Crippen LogP contribution in [0.3, 0.4) is 0 Å². The molecule has 10 nitrogen and oxygen atoms in total. The van der Waals surface area contributed by atoms with E-state index in [0.29, 0.717) is 6.61 Å². The molecule has 0 heterocycles. The summed E-state index contributed by atoms with van der Waals surface area (Å²) in [5.74, 6) is -4.48. The number of hydrogen-bond donors (Lipinski definition) is 2. The van der Waals surface area contributed by atoms with E-state index in [1.807, 2.05) is 0 Å². The molecule has 2 amide bonds. The van der Waals surface area contributed by atoms with Crippen molar-refractivity contribution in [3.63, 3.8) is 0 Å². The number of primary amides is 1. The number of esters is 2. The lowest BCUT2D eigenvalue weighted by Gasteiger charge is -2.23. The lowest BCUT2D eigenvalue weighted by molar-refractivity contribution is -0.157. The Morgan fingerprint density at radius 2 is 1.68 bits per heavy atom. The molecule has 0 bridgehead atoms. The van der Waals surface area contributed by atoms with Crippen molar-refractivity contribution in [1.82, 2.24) is 5.32 Å². The molecule has 0 aliphatic rings. The Kier molecular flexibility index (Phi) is 12.0. The summed E-state index contributed by atoms with van der Waals surface area (Å²) in [6, 6.07) is -1.43. The Morgan fingerprint density at radius 3 is 2.20 bits per heavy atom. The van der Waals surface area contributed by atoms with Crippen molar-refractivity contribution in [1.29, 1.82) is 0 Å². The summed E-state index contributed by atoms with van der Waals surface area (Å²) in [6.07, 6.45) is -0.453. The van der Waals surface area contributed by atoms with E-state index >= 15 is 0 Å². The molecule has 0 unspecified atom stereocenters. The van der Waals surface area contributed by atoms with Gasteiger partial charge in [-0.05, 0) is 13.8 Å². The second kappa shape index (κ2) is 13.1. The maximum absolute atomic E-state index is 12.1. The zero-order valence-electron chi connectivity index (χ0n) is 14.7. The molecule has 2 atom stereocenters. The van der Waals surface area contributed by atoms with Crippen LogP contribution in [-0.4, -0.2) is 69.9 Å². The Hall–Kier alpha value is -2.20. The van der Waals surface area contributed by atoms with E-state index in [9.17, 15) is 19.2 Å². The lowest BCUT2D eigenvalue weighted by atomic mass is 9.95. The van der Waals surface area contributed by atoms with Crippen molar-refractivity contribution >= 4 is 23.8 Å². The molecule has 10 heteroatoms. The molecular weight excluding hydrogens is 336 g/mol. The first-order valence-corrected chi connectivity index (χ1v) is 7.84. The number of carbonyl (C=O) groups excluding carboxylic acids is 4. The van der Waals surface area contributed by atoms with Crippen molar-refractivity contribution in [2.45, 2.75) is 26.3 Å². The van der Waals surface area contributed by atoms with Gasteiger partial charge in [-0.1, -0.05) is 0 Å². The van der Waals surface area contributed by atoms with Gasteiger partial charge in [0.1, 0.15) is 12.6 Å². The van der Waals surface area contributed by atoms with Crippen LogP contribution in [0, 0.1) is 5.92 Å². The van der Waals surface area contributed by atoms with Crippen molar-refractivity contribution in [2.24, 2.45) is 11.7 Å². The highest BCUT2D eigenvalue weighted by Gasteiger charge is 2.37. The van der Waals surface area contributed by atoms with Crippen LogP contribution in [0.5, 0.6) is 0 Å². The highest BCUT2D eigenvalue weighted by Crippen LogP contribution is 2.13. The van der Waals surface area contributed by atoms with Gasteiger partial charge in [0.25, 0.3) is 0 Å². The minimum atomic E-state index is -1.43. The molecule has 144 valence electrons. The fourth-order valence-electron chi connectivity index (χ4n) is 1.88. The van der Waals surface area contributed by atoms with Crippen LogP contribution in [0.1, 0.15) is 20.3 Å². The lowest BCUT2D eigenvalue weighted by Crippen LogP contribution is -2.53. The minimum Gasteiger partial charge on any atom is -0.466 e. The summed E-state index contributed by atoms with van der Waals surface area (Å²) in [4.78, 5) is 47.3. The van der Waals surface area contributed by atoms with Crippen molar-refractivity contribution in [2.75, 3.05) is 40.1 Å². The van der Waals surface area contributed by atoms with Crippen LogP contribution < -0.4 is 11.1 Å². The van der Waals surface area contributed by atoms with Gasteiger partial charge in [-0.3, -0.25) is 19.2 Å². The summed E-state index contributed by atoms with van der Waals surface area (Å²) in [7, 11) is 1.48. The molecule has 0 aliphatic carbocycles. The molecule has 0 aliphatic heterocycles. The van der Waals surface area contributed by atoms with E-state index in [0.717, 1.165) is 0 Å². The predicted octanol–water partition coefficient (Wildman–Crippen LogP) is -1.25. The van der Waals surface area contributed by atoms with Gasteiger partial charge in [-0.25, -0.2) is 0 Å². The Balaban J connectivity index is 5.00. The second-order valence-corrected chi connectivity index (χ2v) is 4.86. The van der Waals surface area contributed by atoms with Gasteiger partial charge in [0.2, 0.25) is 11.8 Å². The Morgan fingerprint density at radius 1 is 1.04 bits per heavy atom. The van der Waals surface area contributed by atoms with E-state index in [-0.39, 0.29) is 26.4 Å². The fraction of sp³-hybridized carbons (Fsp3) is 0.733. The molecule has 0 saturated carbocycles. The maximum Gasteiger partial charge on any atom is 0.312 e. The molecule has 0 saturated heterocycles. The number of nitrogens with one attached hydrogen (secondary N) is 1. The molecule has 0 aromatic heterocycles. The van der Waals surface area contributed by atoms with E-state index in [2.05, 4.69) is 5.32 Å². The number of nitrogens with two attached hydrogens (primary N) is 1. The predicted molar refractivity (Wildman–Crippen MR) is 85.2 cm³/mol. The van der Waals surface area contributed by atoms with Gasteiger partial charge in [-0.15, -0.1) is 0 Å². The molecular formula is C15H26N2O8. The monoisotopic (exact) mass is 362 g/mol. The minimum absolute atomic E-state index is 0.0394. The first-order chi connectivity index (χ1) is 11.9. The van der Waals surface area contributed by atoms with Gasteiger partial charge in [0.15, 0.2) is 0 Å². The number of carbonyl (C=O) groups is 4. The summed E-state index contributed by atoms with van der Waals surface area (Å²) in [5.41, 5.74) is 5.27. The zero-order valence-corrected chi connectivity index (χ0v) is 14.7. The molecule has 0 aromatic carbocycles. The molecule has 0 aromatic rings. The number of amides is 2. The quantitative estimate of drug-likeness (QED) is 0.306. The number of methoxy groups -OCH3 is 1. The molecule has 25 heavy (non-hydrogen) atoms. The molecule has 0 spiro atoms. The van der Waals surface area contributed by atoms with Crippen LogP contribution in [0.25, 0.3) is 0 Å². The molecule has 0 radical (unpaired) electrons. The molecule has 3 N–H and O–H groups in total. The third kappa shape index (κ3) is 9.62. The van der Waals surface area contributed by atoms with Crippen molar-refractivity contribution in [3.8, 4) is 0 Å². The zero-order chi connectivity index (χ0) is 19.2. The van der Waals surface area contributed by atoms with E-state index < -0.39 is 42.1 Å². The van der Waals surface area contributed by atoms with E-state index in [4.69, 9.17) is 24.7 Å². The van der Waals surface area contributed by atoms with Crippen molar-refractivity contribution < 1.29 is 38.1 Å². The average molecular weight is 362 g/mol. The summed E-state index contributed by atoms with van der Waals surface area (Å²) >= 11 is 0. The van der Waals surface area contributed by atoms with Crippen LogP contribution in [0.2, 0.25) is 0 Å². The first-order valence-electron chi connectivity index (χ1n) is 7.84. The number of rotatable bonds is 13.